The average molecular weight is 542 g/mol. The van der Waals surface area contributed by atoms with Crippen molar-refractivity contribution in [2.45, 2.75) is 42.5 Å². The third-order valence-corrected chi connectivity index (χ3v) is 10.1. The summed E-state index contributed by atoms with van der Waals surface area (Å²) in [6, 6.07) is 13.7. The second-order valence-electron chi connectivity index (χ2n) is 10.5. The van der Waals surface area contributed by atoms with Crippen LogP contribution in [-0.2, 0) is 37.0 Å². The Morgan fingerprint density at radius 1 is 1.08 bits per heavy atom. The number of aliphatic hydroxyl groups is 1. The normalized spacial score (nSPS) is 28.0. The molecule has 4 aliphatic rings. The van der Waals surface area contributed by atoms with Crippen molar-refractivity contribution in [3.63, 3.8) is 0 Å². The molecule has 11 heteroatoms. The average Bonchev–Trinajstić information content (AvgIpc) is 3.44. The van der Waals surface area contributed by atoms with Crippen molar-refractivity contribution >= 4 is 37.3 Å². The Hall–Kier alpha value is -3.18. The van der Waals surface area contributed by atoms with Gasteiger partial charge in [-0.3, -0.25) is 4.79 Å². The third kappa shape index (κ3) is 4.14. The number of anilines is 1. The van der Waals surface area contributed by atoms with E-state index in [0.717, 1.165) is 31.1 Å². The number of aliphatic hydroxyl groups excluding tert-OH is 1. The van der Waals surface area contributed by atoms with E-state index < -0.39 is 25.8 Å². The fraction of sp³-hybridized carbons (Fsp3) is 0.385. The minimum Gasteiger partial charge on any atom is -0.511 e. The van der Waals surface area contributed by atoms with E-state index >= 15 is 0 Å². The van der Waals surface area contributed by atoms with E-state index in [1.54, 1.807) is 4.90 Å². The highest BCUT2D eigenvalue weighted by Crippen LogP contribution is 2.55. The number of carbonyl (C=O) groups is 1. The monoisotopic (exact) mass is 541 g/mol. The van der Waals surface area contributed by atoms with E-state index in [9.17, 15) is 26.7 Å². The van der Waals surface area contributed by atoms with Gasteiger partial charge in [-0.2, -0.15) is 8.42 Å². The molecule has 2 aromatic rings. The first-order valence-corrected chi connectivity index (χ1v) is 15.7. The number of nitrogens with zero attached hydrogens (tertiary/aromatic N) is 2. The molecule has 9 nitrogen and oxygen atoms in total. The van der Waals surface area contributed by atoms with Crippen molar-refractivity contribution in [3.8, 4) is 0 Å². The van der Waals surface area contributed by atoms with Crippen molar-refractivity contribution < 1.29 is 26.7 Å². The second kappa shape index (κ2) is 8.42. The highest BCUT2D eigenvalue weighted by molar-refractivity contribution is 7.90. The molecular weight excluding hydrogens is 514 g/mol. The lowest BCUT2D eigenvalue weighted by molar-refractivity contribution is -0.134. The molecule has 0 saturated heterocycles. The summed E-state index contributed by atoms with van der Waals surface area (Å²) in [6.45, 7) is 0.353. The summed E-state index contributed by atoms with van der Waals surface area (Å²) in [7, 11) is -7.63. The van der Waals surface area contributed by atoms with Gasteiger partial charge in [0.2, 0.25) is 0 Å². The van der Waals surface area contributed by atoms with Crippen LogP contribution in [0.15, 0.2) is 69.2 Å². The Bertz CT molecular complexity index is 1580. The fourth-order valence-corrected chi connectivity index (χ4v) is 8.49. The van der Waals surface area contributed by atoms with Crippen LogP contribution >= 0.6 is 0 Å². The minimum atomic E-state index is -4.26. The van der Waals surface area contributed by atoms with Gasteiger partial charge in [-0.25, -0.2) is 8.42 Å². The second-order valence-corrected chi connectivity index (χ2v) is 14.2. The van der Waals surface area contributed by atoms with Crippen LogP contribution in [0.2, 0.25) is 0 Å². The summed E-state index contributed by atoms with van der Waals surface area (Å²) in [5.74, 6) is -0.796. The van der Waals surface area contributed by atoms with Gasteiger partial charge in [0, 0.05) is 24.8 Å². The van der Waals surface area contributed by atoms with Crippen LogP contribution in [0.25, 0.3) is 0 Å². The van der Waals surface area contributed by atoms with Gasteiger partial charge in [0.05, 0.1) is 11.4 Å². The Morgan fingerprint density at radius 3 is 2.54 bits per heavy atom. The summed E-state index contributed by atoms with van der Waals surface area (Å²) in [5.41, 5.74) is 1.34. The topological polar surface area (TPSA) is 133 Å². The van der Waals surface area contributed by atoms with E-state index in [4.69, 9.17) is 0 Å². The molecule has 1 amide bonds. The summed E-state index contributed by atoms with van der Waals surface area (Å²) in [4.78, 5) is 15.5. The molecule has 6 rings (SSSR count). The van der Waals surface area contributed by atoms with Crippen molar-refractivity contribution in [2.75, 3.05) is 11.6 Å². The van der Waals surface area contributed by atoms with Crippen molar-refractivity contribution in [1.82, 2.24) is 4.90 Å². The number of benzene rings is 2. The van der Waals surface area contributed by atoms with Crippen LogP contribution in [0, 0.1) is 17.8 Å². The smallest absolute Gasteiger partial charge is 0.286 e. The number of sulfonamides is 1. The Balaban J connectivity index is 1.42. The minimum absolute atomic E-state index is 0.0925. The lowest BCUT2D eigenvalue weighted by atomic mass is 9.77. The zero-order valence-electron chi connectivity index (χ0n) is 20.2. The van der Waals surface area contributed by atoms with Gasteiger partial charge in [-0.05, 0) is 54.4 Å². The molecule has 2 aromatic carbocycles. The Labute approximate surface area is 215 Å². The number of fused-ring (bicyclic) bond motifs is 6. The molecule has 2 unspecified atom stereocenters. The van der Waals surface area contributed by atoms with Gasteiger partial charge in [-0.15, -0.1) is 4.40 Å². The highest BCUT2D eigenvalue weighted by Gasteiger charge is 2.57. The quantitative estimate of drug-likeness (QED) is 0.594. The predicted octanol–water partition coefficient (Wildman–Crippen LogP) is 3.01. The van der Waals surface area contributed by atoms with Gasteiger partial charge in [0.15, 0.2) is 15.7 Å². The molecule has 0 aromatic heterocycles. The summed E-state index contributed by atoms with van der Waals surface area (Å²) < 4.78 is 53.7. The molecule has 2 saturated carbocycles. The molecule has 4 atom stereocenters. The van der Waals surface area contributed by atoms with E-state index in [1.165, 1.54) is 18.2 Å². The summed E-state index contributed by atoms with van der Waals surface area (Å²) in [5, 5.41) is 14.3. The van der Waals surface area contributed by atoms with Crippen molar-refractivity contribution in [2.24, 2.45) is 22.2 Å². The van der Waals surface area contributed by atoms with Gasteiger partial charge >= 0.3 is 0 Å². The maximum Gasteiger partial charge on any atom is 0.286 e. The van der Waals surface area contributed by atoms with Gasteiger partial charge < -0.3 is 15.3 Å². The van der Waals surface area contributed by atoms with E-state index in [-0.39, 0.29) is 51.4 Å². The third-order valence-electron chi connectivity index (χ3n) is 7.93. The first kappa shape index (κ1) is 24.2. The van der Waals surface area contributed by atoms with Gasteiger partial charge in [0.25, 0.3) is 15.9 Å². The fourth-order valence-electron chi connectivity index (χ4n) is 6.53. The van der Waals surface area contributed by atoms with E-state index in [1.807, 2.05) is 30.3 Å². The largest absolute Gasteiger partial charge is 0.511 e. The Kier molecular flexibility index (Phi) is 5.50. The van der Waals surface area contributed by atoms with Crippen LogP contribution in [0.3, 0.4) is 0 Å². The maximum absolute atomic E-state index is 13.9. The van der Waals surface area contributed by atoms with Crippen molar-refractivity contribution in [1.29, 1.82) is 0 Å². The molecule has 2 aliphatic carbocycles. The molecule has 0 radical (unpaired) electrons. The molecule has 37 heavy (non-hydrogen) atoms. The van der Waals surface area contributed by atoms with Crippen LogP contribution in [-0.4, -0.2) is 50.9 Å². The molecule has 194 valence electrons. The first-order valence-electron chi connectivity index (χ1n) is 12.2. The first-order chi connectivity index (χ1) is 17.5. The van der Waals surface area contributed by atoms with Gasteiger partial charge in [-0.1, -0.05) is 36.4 Å². The lowest BCUT2D eigenvalue weighted by Crippen LogP contribution is -2.53. The van der Waals surface area contributed by atoms with Crippen molar-refractivity contribution in [3.05, 3.63) is 71.0 Å². The lowest BCUT2D eigenvalue weighted by Gasteiger charge is -2.44. The SMILES string of the molecule is CS(=O)(=O)Cc1ccc2c(c1)S(=O)(=O)N=C(C1=C(O)C3C([C@H]4CC[C@@H]3C4)N(Cc3ccccc3)C1=O)N2. The number of carbonyl (C=O) groups excluding carboxylic acids is 1. The number of sulfone groups is 1. The van der Waals surface area contributed by atoms with Crippen LogP contribution in [0.1, 0.15) is 30.4 Å². The Morgan fingerprint density at radius 2 is 1.81 bits per heavy atom. The molecular formula is C26H27N3O6S2. The van der Waals surface area contributed by atoms with E-state index in [2.05, 4.69) is 9.71 Å². The zero-order chi connectivity index (χ0) is 26.1. The molecule has 0 spiro atoms. The van der Waals surface area contributed by atoms with Gasteiger partial charge in [0.1, 0.15) is 16.2 Å². The number of amidine groups is 1. The maximum atomic E-state index is 13.9. The van der Waals surface area contributed by atoms with Crippen LogP contribution in [0.5, 0.6) is 0 Å². The molecule has 2 bridgehead atoms. The predicted molar refractivity (Wildman–Crippen MR) is 138 cm³/mol. The number of rotatable bonds is 5. The standard InChI is InChI=1S/C26H27N3O6S2/c1-36(32,33)14-16-7-10-19-20(11-16)37(34,35)28-25(27-19)22-24(30)21-17-8-9-18(12-17)23(21)29(26(22)31)13-15-5-3-2-4-6-15/h2-7,10-11,17-18,21,23,30H,8-9,12-14H2,1H3,(H,27,28)/t17-,18+,21?,23?/m1/s1. The van der Waals surface area contributed by atoms with E-state index in [0.29, 0.717) is 18.0 Å². The number of nitrogens with one attached hydrogen (secondary N) is 1. The zero-order valence-corrected chi connectivity index (χ0v) is 21.8. The molecule has 2 fully saturated rings. The molecule has 2 N–H and O–H groups in total. The molecule has 2 heterocycles. The van der Waals surface area contributed by atoms with Crippen LogP contribution in [0.4, 0.5) is 5.69 Å². The summed E-state index contributed by atoms with van der Waals surface area (Å²) in [6.07, 6.45) is 3.96. The van der Waals surface area contributed by atoms with Crippen LogP contribution < -0.4 is 5.32 Å². The number of hydrogen-bond donors (Lipinski definition) is 2. The number of amides is 1. The molecule has 2 aliphatic heterocycles. The highest BCUT2D eigenvalue weighted by atomic mass is 32.2. The summed E-state index contributed by atoms with van der Waals surface area (Å²) >= 11 is 0. The number of hydrogen-bond acceptors (Lipinski definition) is 7.